The van der Waals surface area contributed by atoms with E-state index in [1.54, 1.807) is 6.07 Å². The molecule has 0 bridgehead atoms. The number of nitrogens with one attached hydrogen (secondary N) is 1. The van der Waals surface area contributed by atoms with Crippen molar-refractivity contribution in [3.63, 3.8) is 0 Å². The number of rotatable bonds is 2. The lowest BCUT2D eigenvalue weighted by Crippen LogP contribution is -2.24. The molecule has 0 saturated carbocycles. The quantitative estimate of drug-likeness (QED) is 0.618. The van der Waals surface area contributed by atoms with E-state index in [2.05, 4.69) is 9.97 Å². The van der Waals surface area contributed by atoms with Gasteiger partial charge in [0.2, 0.25) is 5.95 Å². The van der Waals surface area contributed by atoms with Gasteiger partial charge < -0.3 is 20.7 Å². The number of fused-ring (bicyclic) bond motifs is 1. The van der Waals surface area contributed by atoms with Crippen molar-refractivity contribution in [2.75, 3.05) is 12.3 Å². The van der Waals surface area contributed by atoms with Crippen LogP contribution in [-0.2, 0) is 4.74 Å². The second kappa shape index (κ2) is 5.10. The minimum atomic E-state index is -0.709. The average Bonchev–Trinajstić information content (AvgIpc) is 2.81. The fourth-order valence-corrected chi connectivity index (χ4v) is 2.75. The Morgan fingerprint density at radius 2 is 2.29 bits per heavy atom. The van der Waals surface area contributed by atoms with Crippen molar-refractivity contribution in [2.24, 2.45) is 0 Å². The molecule has 2 aromatic rings. The topological polar surface area (TPSA) is 121 Å². The van der Waals surface area contributed by atoms with E-state index in [0.717, 1.165) is 11.1 Å². The zero-order valence-corrected chi connectivity index (χ0v) is 11.5. The monoisotopic (exact) mass is 291 g/mol. The number of nitrogens with zero attached hydrogens (tertiary/aromatic N) is 1. The summed E-state index contributed by atoms with van der Waals surface area (Å²) in [7, 11) is 0. The van der Waals surface area contributed by atoms with Crippen LogP contribution in [0.15, 0.2) is 16.9 Å². The molecule has 1 aliphatic heterocycles. The number of nitrogen functional groups attached to an aromatic ring is 1. The molecule has 5 N–H and O–H groups in total. The molecular weight excluding hydrogens is 274 g/mol. The third-order valence-electron chi connectivity index (χ3n) is 3.82. The molecule has 0 spiro atoms. The van der Waals surface area contributed by atoms with Gasteiger partial charge in [0.1, 0.15) is 6.10 Å². The summed E-state index contributed by atoms with van der Waals surface area (Å²) in [6.07, 6.45) is -1.26. The van der Waals surface area contributed by atoms with Crippen LogP contribution in [0, 0.1) is 6.92 Å². The van der Waals surface area contributed by atoms with Gasteiger partial charge in [-0.25, -0.2) is 4.98 Å². The summed E-state index contributed by atoms with van der Waals surface area (Å²) in [4.78, 5) is 18.6. The largest absolute Gasteiger partial charge is 0.394 e. The van der Waals surface area contributed by atoms with E-state index in [4.69, 9.17) is 15.6 Å². The minimum absolute atomic E-state index is 0.0798. The van der Waals surface area contributed by atoms with Crippen LogP contribution in [0.3, 0.4) is 0 Å². The summed E-state index contributed by atoms with van der Waals surface area (Å²) in [6, 6.07) is 3.57. The molecule has 112 valence electrons. The number of H-pyrrole nitrogens is 1. The Kier molecular flexibility index (Phi) is 3.40. The van der Waals surface area contributed by atoms with Crippen molar-refractivity contribution in [2.45, 2.75) is 31.7 Å². The summed E-state index contributed by atoms with van der Waals surface area (Å²) in [6.45, 7) is 1.61. The van der Waals surface area contributed by atoms with E-state index >= 15 is 0 Å². The summed E-state index contributed by atoms with van der Waals surface area (Å²) >= 11 is 0. The maximum atomic E-state index is 12.0. The van der Waals surface area contributed by atoms with Crippen LogP contribution in [0.4, 0.5) is 5.95 Å². The van der Waals surface area contributed by atoms with Crippen molar-refractivity contribution in [3.8, 4) is 0 Å². The van der Waals surface area contributed by atoms with Gasteiger partial charge in [-0.2, -0.15) is 0 Å². The van der Waals surface area contributed by atoms with E-state index in [1.807, 2.05) is 13.0 Å². The molecule has 0 radical (unpaired) electrons. The zero-order valence-electron chi connectivity index (χ0n) is 11.5. The zero-order chi connectivity index (χ0) is 15.1. The Balaban J connectivity index is 2.07. The molecule has 1 aliphatic rings. The number of nitrogens with two attached hydrogens (primary N) is 1. The molecule has 7 nitrogen and oxygen atoms in total. The number of anilines is 1. The fourth-order valence-electron chi connectivity index (χ4n) is 2.75. The highest BCUT2D eigenvalue weighted by Gasteiger charge is 2.34. The fraction of sp³-hybridized carbons (Fsp3) is 0.429. The second-order valence-electron chi connectivity index (χ2n) is 5.33. The van der Waals surface area contributed by atoms with Crippen LogP contribution in [0.5, 0.6) is 0 Å². The van der Waals surface area contributed by atoms with Gasteiger partial charge in [0.15, 0.2) is 0 Å². The van der Waals surface area contributed by atoms with Crippen molar-refractivity contribution >= 4 is 16.9 Å². The molecule has 3 rings (SSSR count). The molecule has 1 aromatic carbocycles. The van der Waals surface area contributed by atoms with E-state index in [1.165, 1.54) is 0 Å². The Morgan fingerprint density at radius 1 is 1.52 bits per heavy atom. The number of aryl methyl sites for hydroxylation is 1. The number of ether oxygens (including phenoxy) is 1. The smallest absolute Gasteiger partial charge is 0.260 e. The van der Waals surface area contributed by atoms with Crippen molar-refractivity contribution in [1.29, 1.82) is 0 Å². The maximum absolute atomic E-state index is 12.0. The van der Waals surface area contributed by atoms with Gasteiger partial charge in [-0.15, -0.1) is 0 Å². The second-order valence-corrected chi connectivity index (χ2v) is 5.33. The Hall–Kier alpha value is -1.96. The van der Waals surface area contributed by atoms with Crippen LogP contribution in [0.25, 0.3) is 10.9 Å². The Morgan fingerprint density at radius 3 is 2.95 bits per heavy atom. The number of aliphatic hydroxyl groups excluding tert-OH is 2. The lowest BCUT2D eigenvalue weighted by Gasteiger charge is -2.14. The molecule has 0 amide bonds. The number of aromatic amines is 1. The Bertz CT molecular complexity index is 743. The Labute approximate surface area is 120 Å². The molecule has 7 heteroatoms. The van der Waals surface area contributed by atoms with Crippen LogP contribution < -0.4 is 11.3 Å². The lowest BCUT2D eigenvalue weighted by molar-refractivity contribution is -0.0225. The summed E-state index contributed by atoms with van der Waals surface area (Å²) in [5, 5.41) is 19.4. The minimum Gasteiger partial charge on any atom is -0.394 e. The standard InChI is InChI=1S/C14H17N3O4/c1-6-2-7(10-4-9(19)11(5-18)21-10)3-8-12(6)16-14(15)17-13(8)20/h2-3,9-11,18-19H,4-5H2,1H3,(H3,15,16,17,20). The van der Waals surface area contributed by atoms with Crippen LogP contribution in [0.2, 0.25) is 0 Å². The van der Waals surface area contributed by atoms with Crippen LogP contribution in [-0.4, -0.2) is 39.0 Å². The number of hydrogen-bond acceptors (Lipinski definition) is 6. The van der Waals surface area contributed by atoms with Crippen LogP contribution >= 0.6 is 0 Å². The number of benzene rings is 1. The summed E-state index contributed by atoms with van der Waals surface area (Å²) < 4.78 is 5.62. The van der Waals surface area contributed by atoms with Crippen molar-refractivity contribution in [3.05, 3.63) is 33.6 Å². The molecule has 21 heavy (non-hydrogen) atoms. The number of aromatic nitrogens is 2. The van der Waals surface area contributed by atoms with E-state index < -0.39 is 12.2 Å². The summed E-state index contributed by atoms with van der Waals surface area (Å²) in [5.74, 6) is 0.0798. The number of aliphatic hydroxyl groups is 2. The van der Waals surface area contributed by atoms with Gasteiger partial charge in [-0.05, 0) is 24.1 Å². The molecule has 1 saturated heterocycles. The first-order valence-corrected chi connectivity index (χ1v) is 6.74. The van der Waals surface area contributed by atoms with E-state index in [-0.39, 0.29) is 24.2 Å². The highest BCUT2D eigenvalue weighted by Crippen LogP contribution is 2.34. The van der Waals surface area contributed by atoms with Gasteiger partial charge in [0, 0.05) is 6.42 Å². The first-order chi connectivity index (χ1) is 9.99. The third kappa shape index (κ3) is 2.39. The molecule has 2 heterocycles. The first-order valence-electron chi connectivity index (χ1n) is 6.74. The first kappa shape index (κ1) is 14.0. The average molecular weight is 291 g/mol. The van der Waals surface area contributed by atoms with Gasteiger partial charge in [0.05, 0.1) is 29.7 Å². The lowest BCUT2D eigenvalue weighted by atomic mass is 10.00. The van der Waals surface area contributed by atoms with Crippen LogP contribution in [0.1, 0.15) is 23.7 Å². The molecule has 3 atom stereocenters. The molecular formula is C14H17N3O4. The predicted octanol–water partition coefficient (Wildman–Crippen LogP) is -0.00308. The highest BCUT2D eigenvalue weighted by molar-refractivity contribution is 5.82. The van der Waals surface area contributed by atoms with E-state index in [9.17, 15) is 9.90 Å². The van der Waals surface area contributed by atoms with Crippen molar-refractivity contribution in [1.82, 2.24) is 9.97 Å². The van der Waals surface area contributed by atoms with E-state index in [0.29, 0.717) is 17.3 Å². The van der Waals surface area contributed by atoms with Crippen molar-refractivity contribution < 1.29 is 14.9 Å². The van der Waals surface area contributed by atoms with Gasteiger partial charge in [0.25, 0.3) is 5.56 Å². The maximum Gasteiger partial charge on any atom is 0.260 e. The third-order valence-corrected chi connectivity index (χ3v) is 3.82. The number of hydrogen-bond donors (Lipinski definition) is 4. The molecule has 1 aromatic heterocycles. The molecule has 3 unspecified atom stereocenters. The normalized spacial score (nSPS) is 25.6. The SMILES string of the molecule is Cc1cc(C2CC(O)C(CO)O2)cc2c(=O)[nH]c(N)nc12. The van der Waals surface area contributed by atoms with Gasteiger partial charge in [-0.3, -0.25) is 9.78 Å². The molecule has 1 fully saturated rings. The van der Waals surface area contributed by atoms with Gasteiger partial charge >= 0.3 is 0 Å². The highest BCUT2D eigenvalue weighted by atomic mass is 16.5. The molecule has 0 aliphatic carbocycles. The van der Waals surface area contributed by atoms with Gasteiger partial charge in [-0.1, -0.05) is 6.07 Å². The summed E-state index contributed by atoms with van der Waals surface area (Å²) in [5.41, 5.74) is 7.40. The predicted molar refractivity (Wildman–Crippen MR) is 76.8 cm³/mol.